The Bertz CT molecular complexity index is 219. The van der Waals surface area contributed by atoms with Crippen molar-refractivity contribution in [2.24, 2.45) is 11.3 Å². The lowest BCUT2D eigenvalue weighted by atomic mass is 9.67. The number of ether oxygens (including phenoxy) is 1. The standard InChI is InChI=1S/C12H22O2/c1-11(2,3)9-4-5-12(13)6-7-14-10(12)8-9/h9-10,13H,4-8H2,1-3H3/t9-,10+,12-/m1/s1. The average Bonchev–Trinajstić information content (AvgIpc) is 2.42. The van der Waals surface area contributed by atoms with Crippen LogP contribution in [0.4, 0.5) is 0 Å². The van der Waals surface area contributed by atoms with Crippen LogP contribution < -0.4 is 0 Å². The van der Waals surface area contributed by atoms with E-state index in [9.17, 15) is 5.11 Å². The lowest BCUT2D eigenvalue weighted by molar-refractivity contribution is -0.0898. The topological polar surface area (TPSA) is 29.5 Å². The summed E-state index contributed by atoms with van der Waals surface area (Å²) in [5.41, 5.74) is -0.130. The molecule has 1 saturated carbocycles. The van der Waals surface area contributed by atoms with Crippen molar-refractivity contribution in [1.29, 1.82) is 0 Å². The smallest absolute Gasteiger partial charge is 0.0930 e. The zero-order chi connectivity index (χ0) is 10.4. The molecule has 1 aliphatic heterocycles. The third-order valence-corrected chi connectivity index (χ3v) is 4.10. The van der Waals surface area contributed by atoms with Gasteiger partial charge in [-0.3, -0.25) is 0 Å². The fraction of sp³-hybridized carbons (Fsp3) is 1.00. The van der Waals surface area contributed by atoms with Crippen LogP contribution in [0.5, 0.6) is 0 Å². The second kappa shape index (κ2) is 3.21. The van der Waals surface area contributed by atoms with Gasteiger partial charge >= 0.3 is 0 Å². The molecule has 0 bridgehead atoms. The monoisotopic (exact) mass is 198 g/mol. The largest absolute Gasteiger partial charge is 0.387 e. The van der Waals surface area contributed by atoms with Crippen molar-refractivity contribution >= 4 is 0 Å². The van der Waals surface area contributed by atoms with Gasteiger partial charge in [0.05, 0.1) is 11.7 Å². The Morgan fingerprint density at radius 1 is 1.29 bits per heavy atom. The Morgan fingerprint density at radius 2 is 2.00 bits per heavy atom. The van der Waals surface area contributed by atoms with Gasteiger partial charge in [-0.25, -0.2) is 0 Å². The van der Waals surface area contributed by atoms with Gasteiger partial charge in [-0.15, -0.1) is 0 Å². The molecule has 2 fully saturated rings. The molecular weight excluding hydrogens is 176 g/mol. The minimum Gasteiger partial charge on any atom is -0.387 e. The molecule has 0 radical (unpaired) electrons. The molecule has 2 heteroatoms. The Morgan fingerprint density at radius 3 is 2.64 bits per heavy atom. The maximum Gasteiger partial charge on any atom is 0.0930 e. The van der Waals surface area contributed by atoms with Gasteiger partial charge in [-0.1, -0.05) is 20.8 Å². The van der Waals surface area contributed by atoms with Crippen LogP contribution in [0.1, 0.15) is 46.5 Å². The van der Waals surface area contributed by atoms with Gasteiger partial charge in [-0.2, -0.15) is 0 Å². The van der Waals surface area contributed by atoms with Crippen molar-refractivity contribution in [3.63, 3.8) is 0 Å². The van der Waals surface area contributed by atoms with E-state index in [0.29, 0.717) is 11.3 Å². The molecule has 0 aromatic heterocycles. The van der Waals surface area contributed by atoms with Gasteiger partial charge in [0.25, 0.3) is 0 Å². The van der Waals surface area contributed by atoms with Crippen LogP contribution >= 0.6 is 0 Å². The second-order valence-corrected chi connectivity index (χ2v) is 6.05. The number of aliphatic hydroxyl groups is 1. The molecule has 82 valence electrons. The highest BCUT2D eigenvalue weighted by Crippen LogP contribution is 2.46. The Hall–Kier alpha value is -0.0800. The Kier molecular flexibility index (Phi) is 2.39. The zero-order valence-corrected chi connectivity index (χ0v) is 9.55. The lowest BCUT2D eigenvalue weighted by Gasteiger charge is -2.42. The van der Waals surface area contributed by atoms with E-state index in [2.05, 4.69) is 20.8 Å². The quantitative estimate of drug-likeness (QED) is 0.647. The third-order valence-electron chi connectivity index (χ3n) is 4.10. The molecule has 0 amide bonds. The number of hydrogen-bond donors (Lipinski definition) is 1. The summed E-state index contributed by atoms with van der Waals surface area (Å²) in [6.45, 7) is 7.61. The first-order valence-corrected chi connectivity index (χ1v) is 5.76. The second-order valence-electron chi connectivity index (χ2n) is 6.05. The van der Waals surface area contributed by atoms with Crippen molar-refractivity contribution in [3.05, 3.63) is 0 Å². The van der Waals surface area contributed by atoms with E-state index < -0.39 is 5.60 Å². The fourth-order valence-electron chi connectivity index (χ4n) is 2.85. The predicted molar refractivity (Wildman–Crippen MR) is 56.1 cm³/mol. The summed E-state index contributed by atoms with van der Waals surface area (Å²) in [6, 6.07) is 0. The maximum absolute atomic E-state index is 10.3. The molecule has 2 nitrogen and oxygen atoms in total. The summed E-state index contributed by atoms with van der Waals surface area (Å²) < 4.78 is 5.64. The highest BCUT2D eigenvalue weighted by atomic mass is 16.5. The average molecular weight is 198 g/mol. The number of rotatable bonds is 0. The van der Waals surface area contributed by atoms with Crippen LogP contribution in [0, 0.1) is 11.3 Å². The van der Waals surface area contributed by atoms with Gasteiger partial charge in [-0.05, 0) is 30.6 Å². The van der Waals surface area contributed by atoms with Gasteiger partial charge in [0, 0.05) is 13.0 Å². The molecule has 0 aromatic rings. The summed E-state index contributed by atoms with van der Waals surface area (Å²) in [6.07, 6.45) is 4.08. The molecule has 0 unspecified atom stereocenters. The van der Waals surface area contributed by atoms with Gasteiger partial charge in [0.2, 0.25) is 0 Å². The minimum absolute atomic E-state index is 0.112. The molecule has 0 aromatic carbocycles. The highest BCUT2D eigenvalue weighted by Gasteiger charge is 2.48. The molecular formula is C12H22O2. The zero-order valence-electron chi connectivity index (χ0n) is 9.55. The summed E-state index contributed by atoms with van der Waals surface area (Å²) in [5, 5.41) is 10.3. The number of hydrogen-bond acceptors (Lipinski definition) is 2. The van der Waals surface area contributed by atoms with Gasteiger partial charge in [0.1, 0.15) is 0 Å². The van der Waals surface area contributed by atoms with E-state index in [1.54, 1.807) is 0 Å². The van der Waals surface area contributed by atoms with E-state index in [0.717, 1.165) is 32.3 Å². The summed E-state index contributed by atoms with van der Waals surface area (Å²) in [4.78, 5) is 0. The van der Waals surface area contributed by atoms with Crippen molar-refractivity contribution in [3.8, 4) is 0 Å². The molecule has 0 spiro atoms. The molecule has 1 heterocycles. The SMILES string of the molecule is CC(C)(C)[C@@H]1CC[C@@]2(O)CCO[C@H]2C1. The first kappa shape index (κ1) is 10.4. The van der Waals surface area contributed by atoms with E-state index in [1.165, 1.54) is 0 Å². The van der Waals surface area contributed by atoms with Crippen LogP contribution in [-0.4, -0.2) is 23.4 Å². The molecule has 1 aliphatic carbocycles. The van der Waals surface area contributed by atoms with Gasteiger partial charge < -0.3 is 9.84 Å². The fourth-order valence-corrected chi connectivity index (χ4v) is 2.85. The van der Waals surface area contributed by atoms with Crippen LogP contribution in [0.25, 0.3) is 0 Å². The van der Waals surface area contributed by atoms with E-state index in [1.807, 2.05) is 0 Å². The van der Waals surface area contributed by atoms with Gasteiger partial charge in [0.15, 0.2) is 0 Å². The molecule has 1 saturated heterocycles. The first-order valence-electron chi connectivity index (χ1n) is 5.76. The maximum atomic E-state index is 10.3. The predicted octanol–water partition coefficient (Wildman–Crippen LogP) is 2.35. The van der Waals surface area contributed by atoms with Crippen molar-refractivity contribution in [2.75, 3.05) is 6.61 Å². The molecule has 1 N–H and O–H groups in total. The molecule has 2 aliphatic rings. The van der Waals surface area contributed by atoms with Crippen LogP contribution in [0.3, 0.4) is 0 Å². The van der Waals surface area contributed by atoms with Crippen molar-refractivity contribution < 1.29 is 9.84 Å². The first-order chi connectivity index (χ1) is 6.42. The van der Waals surface area contributed by atoms with Crippen molar-refractivity contribution in [1.82, 2.24) is 0 Å². The van der Waals surface area contributed by atoms with Crippen LogP contribution in [0.2, 0.25) is 0 Å². The van der Waals surface area contributed by atoms with E-state index >= 15 is 0 Å². The molecule has 3 atom stereocenters. The highest BCUT2D eigenvalue weighted by molar-refractivity contribution is 4.99. The molecule has 2 rings (SSSR count). The summed E-state index contributed by atoms with van der Waals surface area (Å²) in [7, 11) is 0. The summed E-state index contributed by atoms with van der Waals surface area (Å²) >= 11 is 0. The normalized spacial score (nSPS) is 43.7. The molecule has 14 heavy (non-hydrogen) atoms. The van der Waals surface area contributed by atoms with E-state index in [4.69, 9.17) is 4.74 Å². The van der Waals surface area contributed by atoms with Crippen LogP contribution in [0.15, 0.2) is 0 Å². The third kappa shape index (κ3) is 1.70. The minimum atomic E-state index is -0.484. The Balaban J connectivity index is 2.05. The van der Waals surface area contributed by atoms with E-state index in [-0.39, 0.29) is 6.10 Å². The summed E-state index contributed by atoms with van der Waals surface area (Å²) in [5.74, 6) is 0.700. The van der Waals surface area contributed by atoms with Crippen molar-refractivity contribution in [2.45, 2.75) is 58.2 Å². The van der Waals surface area contributed by atoms with Crippen LogP contribution in [-0.2, 0) is 4.74 Å². The number of fused-ring (bicyclic) bond motifs is 1. The lowest BCUT2D eigenvalue weighted by Crippen LogP contribution is -2.45. The Labute approximate surface area is 86.6 Å².